The standard InChI is InChI=1S/C21H30O3/c1-15-8-10-20(21(23)12-18(22)9-11-19(15)21)16(2)13-24-14-17-6-4-3-5-7-17/h3-7,15-16,19-20,23H,8-14H2,1-2H3/t15-,16+,19+,20+,21?/m1/s1. The molecule has 0 aromatic heterocycles. The summed E-state index contributed by atoms with van der Waals surface area (Å²) in [5.74, 6) is 1.44. The van der Waals surface area contributed by atoms with Gasteiger partial charge in [-0.3, -0.25) is 4.79 Å². The number of hydrogen-bond acceptors (Lipinski definition) is 3. The fraction of sp³-hybridized carbons (Fsp3) is 0.667. The third kappa shape index (κ3) is 3.57. The number of benzene rings is 1. The summed E-state index contributed by atoms with van der Waals surface area (Å²) in [5.41, 5.74) is 0.356. The minimum atomic E-state index is -0.817. The molecule has 1 unspecified atom stereocenters. The lowest BCUT2D eigenvalue weighted by Crippen LogP contribution is -2.56. The van der Waals surface area contributed by atoms with Crippen molar-refractivity contribution in [3.63, 3.8) is 0 Å². The molecule has 2 saturated carbocycles. The van der Waals surface area contributed by atoms with E-state index in [1.165, 1.54) is 5.56 Å². The Hall–Kier alpha value is -1.19. The number of rotatable bonds is 5. The Balaban J connectivity index is 1.62. The molecule has 2 aliphatic rings. The summed E-state index contributed by atoms with van der Waals surface area (Å²) in [5, 5.41) is 11.4. The van der Waals surface area contributed by atoms with Gasteiger partial charge >= 0.3 is 0 Å². The number of ether oxygens (including phenoxy) is 1. The average molecular weight is 330 g/mol. The van der Waals surface area contributed by atoms with Gasteiger partial charge in [-0.25, -0.2) is 0 Å². The smallest absolute Gasteiger partial charge is 0.135 e. The lowest BCUT2D eigenvalue weighted by atomic mass is 9.56. The molecular formula is C21H30O3. The number of hydrogen-bond donors (Lipinski definition) is 1. The lowest BCUT2D eigenvalue weighted by molar-refractivity contribution is -0.167. The third-order valence-electron chi connectivity index (χ3n) is 6.30. The van der Waals surface area contributed by atoms with Crippen LogP contribution in [0, 0.1) is 23.7 Å². The molecule has 3 rings (SSSR count). The summed E-state index contributed by atoms with van der Waals surface area (Å²) < 4.78 is 5.92. The molecular weight excluding hydrogens is 300 g/mol. The molecule has 1 aromatic rings. The highest BCUT2D eigenvalue weighted by Crippen LogP contribution is 2.51. The van der Waals surface area contributed by atoms with E-state index in [4.69, 9.17) is 4.74 Å². The van der Waals surface area contributed by atoms with E-state index < -0.39 is 5.60 Å². The minimum absolute atomic E-state index is 0.165. The van der Waals surface area contributed by atoms with Crippen molar-refractivity contribution >= 4 is 5.78 Å². The topological polar surface area (TPSA) is 46.5 Å². The molecule has 0 radical (unpaired) electrons. The molecule has 3 heteroatoms. The van der Waals surface area contributed by atoms with Crippen LogP contribution in [0.3, 0.4) is 0 Å². The van der Waals surface area contributed by atoms with Crippen molar-refractivity contribution in [2.45, 2.75) is 58.2 Å². The Labute approximate surface area is 145 Å². The predicted octanol–water partition coefficient (Wildman–Crippen LogP) is 3.99. The van der Waals surface area contributed by atoms with Crippen LogP contribution in [0.25, 0.3) is 0 Å². The van der Waals surface area contributed by atoms with Crippen LogP contribution in [0.5, 0.6) is 0 Å². The zero-order valence-corrected chi connectivity index (χ0v) is 14.9. The van der Waals surface area contributed by atoms with Crippen molar-refractivity contribution in [3.8, 4) is 0 Å². The molecule has 0 heterocycles. The fourth-order valence-electron chi connectivity index (χ4n) is 5.01. The van der Waals surface area contributed by atoms with Gasteiger partial charge in [0.25, 0.3) is 0 Å². The molecule has 0 amide bonds. The van der Waals surface area contributed by atoms with Gasteiger partial charge in [-0.1, -0.05) is 44.2 Å². The quantitative estimate of drug-likeness (QED) is 0.888. The molecule has 132 valence electrons. The van der Waals surface area contributed by atoms with Gasteiger partial charge in [0.1, 0.15) is 5.78 Å². The number of fused-ring (bicyclic) bond motifs is 1. The van der Waals surface area contributed by atoms with Gasteiger partial charge in [-0.2, -0.15) is 0 Å². The number of Topliss-reactive ketones (excluding diaryl/α,β-unsaturated/α-hetero) is 1. The van der Waals surface area contributed by atoms with E-state index in [1.807, 2.05) is 18.2 Å². The van der Waals surface area contributed by atoms with Crippen molar-refractivity contribution in [3.05, 3.63) is 35.9 Å². The number of carbonyl (C=O) groups is 1. The van der Waals surface area contributed by atoms with E-state index >= 15 is 0 Å². The third-order valence-corrected chi connectivity index (χ3v) is 6.30. The van der Waals surface area contributed by atoms with Crippen LogP contribution in [0.4, 0.5) is 0 Å². The van der Waals surface area contributed by atoms with Crippen LogP contribution < -0.4 is 0 Å². The second-order valence-electron chi connectivity index (χ2n) is 7.99. The zero-order valence-electron chi connectivity index (χ0n) is 14.9. The first kappa shape index (κ1) is 17.6. The van der Waals surface area contributed by atoms with Crippen LogP contribution >= 0.6 is 0 Å². The normalized spacial score (nSPS) is 34.6. The fourth-order valence-corrected chi connectivity index (χ4v) is 5.01. The Kier molecular flexibility index (Phi) is 5.41. The van der Waals surface area contributed by atoms with E-state index in [0.29, 0.717) is 32.0 Å². The van der Waals surface area contributed by atoms with Crippen molar-refractivity contribution in [2.75, 3.05) is 6.61 Å². The molecule has 0 bridgehead atoms. The first-order valence-electron chi connectivity index (χ1n) is 9.36. The lowest BCUT2D eigenvalue weighted by Gasteiger charge is -2.53. The Morgan fingerprint density at radius 3 is 2.75 bits per heavy atom. The highest BCUT2D eigenvalue weighted by molar-refractivity contribution is 5.80. The molecule has 1 N–H and O–H groups in total. The van der Waals surface area contributed by atoms with Crippen molar-refractivity contribution in [2.24, 2.45) is 23.7 Å². The number of aliphatic hydroxyl groups is 1. The highest BCUT2D eigenvalue weighted by Gasteiger charge is 2.53. The molecule has 0 saturated heterocycles. The van der Waals surface area contributed by atoms with E-state index in [9.17, 15) is 9.90 Å². The summed E-state index contributed by atoms with van der Waals surface area (Å²) in [6.45, 7) is 5.64. The van der Waals surface area contributed by atoms with Crippen molar-refractivity contribution < 1.29 is 14.6 Å². The van der Waals surface area contributed by atoms with Crippen LogP contribution in [0.15, 0.2) is 30.3 Å². The Morgan fingerprint density at radius 2 is 2.00 bits per heavy atom. The first-order chi connectivity index (χ1) is 11.5. The summed E-state index contributed by atoms with van der Waals surface area (Å²) in [6.07, 6.45) is 3.98. The monoisotopic (exact) mass is 330 g/mol. The molecule has 0 spiro atoms. The summed E-state index contributed by atoms with van der Waals surface area (Å²) in [6, 6.07) is 10.2. The van der Waals surface area contributed by atoms with E-state index in [0.717, 1.165) is 19.3 Å². The SMILES string of the molecule is C[C@@H]1CC[C@@H]([C@@H](C)COCc2ccccc2)C2(O)CC(=O)CC[C@@H]12. The summed E-state index contributed by atoms with van der Waals surface area (Å²) in [4.78, 5) is 12.0. The molecule has 1 aromatic carbocycles. The van der Waals surface area contributed by atoms with E-state index in [1.54, 1.807) is 0 Å². The molecule has 2 fully saturated rings. The largest absolute Gasteiger partial charge is 0.389 e. The minimum Gasteiger partial charge on any atom is -0.389 e. The van der Waals surface area contributed by atoms with Gasteiger partial charge in [0.05, 0.1) is 12.2 Å². The van der Waals surface area contributed by atoms with Crippen LogP contribution in [0.1, 0.15) is 51.5 Å². The maximum atomic E-state index is 12.0. The highest BCUT2D eigenvalue weighted by atomic mass is 16.5. The average Bonchev–Trinajstić information content (AvgIpc) is 2.55. The summed E-state index contributed by atoms with van der Waals surface area (Å²) >= 11 is 0. The van der Waals surface area contributed by atoms with Gasteiger partial charge in [0, 0.05) is 19.4 Å². The van der Waals surface area contributed by atoms with Crippen LogP contribution in [-0.2, 0) is 16.1 Å². The maximum Gasteiger partial charge on any atom is 0.135 e. The van der Waals surface area contributed by atoms with Crippen LogP contribution in [0.2, 0.25) is 0 Å². The molecule has 3 nitrogen and oxygen atoms in total. The summed E-state index contributed by atoms with van der Waals surface area (Å²) in [7, 11) is 0. The van der Waals surface area contributed by atoms with E-state index in [-0.39, 0.29) is 23.5 Å². The van der Waals surface area contributed by atoms with Gasteiger partial charge in [-0.05, 0) is 48.5 Å². The van der Waals surface area contributed by atoms with Gasteiger partial charge in [0.2, 0.25) is 0 Å². The second kappa shape index (κ2) is 7.37. The Morgan fingerprint density at radius 1 is 1.25 bits per heavy atom. The number of ketones is 1. The van der Waals surface area contributed by atoms with Crippen molar-refractivity contribution in [1.82, 2.24) is 0 Å². The predicted molar refractivity (Wildman–Crippen MR) is 94.4 cm³/mol. The molecule has 2 aliphatic carbocycles. The number of carbonyl (C=O) groups excluding carboxylic acids is 1. The molecule has 0 aliphatic heterocycles. The van der Waals surface area contributed by atoms with E-state index in [2.05, 4.69) is 26.0 Å². The second-order valence-corrected chi connectivity index (χ2v) is 7.99. The zero-order chi connectivity index (χ0) is 17.2. The Bertz CT molecular complexity index is 555. The van der Waals surface area contributed by atoms with Gasteiger partial charge in [0.15, 0.2) is 0 Å². The molecule has 24 heavy (non-hydrogen) atoms. The molecule has 5 atom stereocenters. The van der Waals surface area contributed by atoms with Gasteiger partial charge in [-0.15, -0.1) is 0 Å². The van der Waals surface area contributed by atoms with Crippen molar-refractivity contribution in [1.29, 1.82) is 0 Å². The van der Waals surface area contributed by atoms with Gasteiger partial charge < -0.3 is 9.84 Å². The maximum absolute atomic E-state index is 12.0. The first-order valence-corrected chi connectivity index (χ1v) is 9.36. The van der Waals surface area contributed by atoms with Crippen LogP contribution in [-0.4, -0.2) is 23.1 Å².